The Morgan fingerprint density at radius 2 is 1.90 bits per heavy atom. The van der Waals surface area contributed by atoms with Crippen LogP contribution in [-0.4, -0.2) is 68.5 Å². The third-order valence-corrected chi connectivity index (χ3v) is 6.33. The lowest BCUT2D eigenvalue weighted by Crippen LogP contribution is -2.52. The predicted molar refractivity (Wildman–Crippen MR) is 138 cm³/mol. The van der Waals surface area contributed by atoms with Gasteiger partial charge in [0.2, 0.25) is 17.6 Å². The molecule has 2 aliphatic heterocycles. The number of hydrogen-bond donors (Lipinski definition) is 3. The molecule has 1 atom stereocenters. The summed E-state index contributed by atoms with van der Waals surface area (Å²) >= 11 is 0. The molecule has 0 bridgehead atoms. The van der Waals surface area contributed by atoms with E-state index in [9.17, 15) is 19.2 Å². The van der Waals surface area contributed by atoms with Crippen molar-refractivity contribution in [3.8, 4) is 17.2 Å². The fraction of sp³-hybridized carbons (Fsp3) is 0.385. The molecule has 1 unspecified atom stereocenters. The number of piperidine rings is 1. The van der Waals surface area contributed by atoms with Gasteiger partial charge in [0, 0.05) is 42.8 Å². The highest BCUT2D eigenvalue weighted by molar-refractivity contribution is 6.06. The van der Waals surface area contributed by atoms with Crippen LogP contribution < -0.4 is 30.6 Å². The SMILES string of the molecule is COc1cc(N=Nc2cccc3c2CN(C2CCC(=O)NC2=O)C3=O)cc(OC)c1OCC(=O)NCCCN. The Kier molecular flexibility index (Phi) is 8.71. The van der Waals surface area contributed by atoms with Crippen molar-refractivity contribution in [2.24, 2.45) is 16.0 Å². The largest absolute Gasteiger partial charge is 0.493 e. The second kappa shape index (κ2) is 12.3. The van der Waals surface area contributed by atoms with Crippen molar-refractivity contribution >= 4 is 35.0 Å². The minimum absolute atomic E-state index is 0.169. The maximum absolute atomic E-state index is 13.0. The van der Waals surface area contributed by atoms with Crippen molar-refractivity contribution in [2.45, 2.75) is 31.8 Å². The minimum Gasteiger partial charge on any atom is -0.493 e. The Morgan fingerprint density at radius 1 is 1.15 bits per heavy atom. The molecule has 0 aliphatic carbocycles. The number of benzene rings is 2. The normalized spacial score (nSPS) is 16.7. The average molecular weight is 539 g/mol. The number of rotatable bonds is 11. The van der Waals surface area contributed by atoms with Gasteiger partial charge >= 0.3 is 0 Å². The molecule has 0 spiro atoms. The number of nitrogens with two attached hydrogens (primary N) is 1. The zero-order valence-corrected chi connectivity index (χ0v) is 21.7. The van der Waals surface area contributed by atoms with Crippen LogP contribution in [0.5, 0.6) is 17.2 Å². The Morgan fingerprint density at radius 3 is 2.56 bits per heavy atom. The third-order valence-electron chi connectivity index (χ3n) is 6.33. The molecule has 2 aromatic rings. The Hall–Kier alpha value is -4.52. The van der Waals surface area contributed by atoms with Crippen molar-refractivity contribution in [3.05, 3.63) is 41.5 Å². The van der Waals surface area contributed by atoms with Gasteiger partial charge in [0.25, 0.3) is 11.8 Å². The first-order valence-electron chi connectivity index (χ1n) is 12.4. The van der Waals surface area contributed by atoms with Gasteiger partial charge in [0.05, 0.1) is 25.6 Å². The topological polar surface area (TPSA) is 174 Å². The maximum Gasteiger partial charge on any atom is 0.257 e. The second-order valence-corrected chi connectivity index (χ2v) is 8.86. The molecule has 0 aromatic heterocycles. The summed E-state index contributed by atoms with van der Waals surface area (Å²) in [5.74, 6) is -0.623. The fourth-order valence-corrected chi connectivity index (χ4v) is 4.36. The molecule has 1 fully saturated rings. The number of azo groups is 1. The van der Waals surface area contributed by atoms with E-state index in [-0.39, 0.29) is 61.0 Å². The molecule has 39 heavy (non-hydrogen) atoms. The van der Waals surface area contributed by atoms with Crippen LogP contribution in [0.15, 0.2) is 40.6 Å². The van der Waals surface area contributed by atoms with Crippen LogP contribution in [0, 0.1) is 0 Å². The smallest absolute Gasteiger partial charge is 0.257 e. The zero-order valence-electron chi connectivity index (χ0n) is 21.7. The van der Waals surface area contributed by atoms with Crippen molar-refractivity contribution in [1.29, 1.82) is 0 Å². The van der Waals surface area contributed by atoms with Crippen LogP contribution in [0.3, 0.4) is 0 Å². The van der Waals surface area contributed by atoms with E-state index in [0.29, 0.717) is 42.0 Å². The number of nitrogens with one attached hydrogen (secondary N) is 2. The van der Waals surface area contributed by atoms with E-state index in [1.165, 1.54) is 19.1 Å². The lowest BCUT2D eigenvalue weighted by atomic mass is 10.0. The number of carbonyl (C=O) groups excluding carboxylic acids is 4. The highest BCUT2D eigenvalue weighted by atomic mass is 16.5. The number of ether oxygens (including phenoxy) is 3. The number of methoxy groups -OCH3 is 2. The Labute approximate surface area is 224 Å². The van der Waals surface area contributed by atoms with Gasteiger partial charge < -0.3 is 30.2 Å². The van der Waals surface area contributed by atoms with E-state index in [1.54, 1.807) is 30.3 Å². The molecule has 13 heteroatoms. The molecule has 206 valence electrons. The van der Waals surface area contributed by atoms with E-state index in [4.69, 9.17) is 19.9 Å². The van der Waals surface area contributed by atoms with Gasteiger partial charge in [-0.3, -0.25) is 24.5 Å². The molecule has 0 saturated carbocycles. The molecule has 4 N–H and O–H groups in total. The summed E-state index contributed by atoms with van der Waals surface area (Å²) in [6.45, 7) is 0.847. The number of nitrogens with zero attached hydrogens (tertiary/aromatic N) is 3. The molecular formula is C26H30N6O7. The lowest BCUT2D eigenvalue weighted by molar-refractivity contribution is -0.137. The standard InChI is InChI=1S/C26H30N6O7/c1-37-20-11-15(12-21(38-2)24(20)39-14-23(34)28-10-4-9-27)30-31-18-6-3-5-16-17(18)13-32(26(16)36)19-7-8-22(33)29-25(19)35/h3,5-6,11-12,19H,4,7-10,13-14,27H2,1-2H3,(H,28,34)(H,29,33,35). The monoisotopic (exact) mass is 538 g/mol. The van der Waals surface area contributed by atoms with Crippen LogP contribution in [0.2, 0.25) is 0 Å². The number of hydrogen-bond acceptors (Lipinski definition) is 10. The van der Waals surface area contributed by atoms with Crippen LogP contribution in [-0.2, 0) is 20.9 Å². The molecule has 1 saturated heterocycles. The summed E-state index contributed by atoms with van der Waals surface area (Å²) in [4.78, 5) is 50.4. The third kappa shape index (κ3) is 6.14. The second-order valence-electron chi connectivity index (χ2n) is 8.86. The molecule has 4 amide bonds. The van der Waals surface area contributed by atoms with Crippen LogP contribution in [0.4, 0.5) is 11.4 Å². The van der Waals surface area contributed by atoms with Crippen LogP contribution >= 0.6 is 0 Å². The van der Waals surface area contributed by atoms with Crippen LogP contribution in [0.1, 0.15) is 35.2 Å². The molecule has 2 heterocycles. The molecule has 13 nitrogen and oxygen atoms in total. The predicted octanol–water partition coefficient (Wildman–Crippen LogP) is 1.72. The molecule has 2 aromatic carbocycles. The van der Waals surface area contributed by atoms with Gasteiger partial charge in [0.15, 0.2) is 18.1 Å². The summed E-state index contributed by atoms with van der Waals surface area (Å²) in [5, 5.41) is 13.7. The summed E-state index contributed by atoms with van der Waals surface area (Å²) in [6, 6.07) is 7.52. The first-order chi connectivity index (χ1) is 18.9. The zero-order chi connectivity index (χ0) is 27.9. The van der Waals surface area contributed by atoms with Crippen molar-refractivity contribution < 1.29 is 33.4 Å². The van der Waals surface area contributed by atoms with Gasteiger partial charge in [-0.05, 0) is 31.5 Å². The van der Waals surface area contributed by atoms with E-state index in [2.05, 4.69) is 20.9 Å². The van der Waals surface area contributed by atoms with Crippen LogP contribution in [0.25, 0.3) is 0 Å². The summed E-state index contributed by atoms with van der Waals surface area (Å²) in [7, 11) is 2.90. The molecule has 4 rings (SSSR count). The maximum atomic E-state index is 13.0. The number of carbonyl (C=O) groups is 4. The quantitative estimate of drug-likeness (QED) is 0.220. The fourth-order valence-electron chi connectivity index (χ4n) is 4.36. The lowest BCUT2D eigenvalue weighted by Gasteiger charge is -2.29. The molecule has 0 radical (unpaired) electrons. The Bertz CT molecular complexity index is 1290. The highest BCUT2D eigenvalue weighted by Crippen LogP contribution is 2.42. The van der Waals surface area contributed by atoms with E-state index >= 15 is 0 Å². The summed E-state index contributed by atoms with van der Waals surface area (Å²) in [5.41, 5.74) is 7.34. The highest BCUT2D eigenvalue weighted by Gasteiger charge is 2.39. The molecular weight excluding hydrogens is 508 g/mol. The first-order valence-corrected chi connectivity index (χ1v) is 12.4. The van der Waals surface area contributed by atoms with Gasteiger partial charge in [-0.1, -0.05) is 6.07 Å². The van der Waals surface area contributed by atoms with Gasteiger partial charge in [-0.25, -0.2) is 0 Å². The first kappa shape index (κ1) is 27.5. The number of fused-ring (bicyclic) bond motifs is 1. The van der Waals surface area contributed by atoms with Gasteiger partial charge in [-0.2, -0.15) is 10.2 Å². The minimum atomic E-state index is -0.726. The van der Waals surface area contributed by atoms with E-state index in [0.717, 1.165) is 0 Å². The van der Waals surface area contributed by atoms with Crippen molar-refractivity contribution in [2.75, 3.05) is 33.9 Å². The summed E-state index contributed by atoms with van der Waals surface area (Å²) < 4.78 is 16.5. The molecule has 2 aliphatic rings. The number of imide groups is 1. The number of amides is 4. The average Bonchev–Trinajstić information content (AvgIpc) is 3.27. The van der Waals surface area contributed by atoms with Crippen molar-refractivity contribution in [1.82, 2.24) is 15.5 Å². The Balaban J connectivity index is 1.52. The van der Waals surface area contributed by atoms with Gasteiger partial charge in [-0.15, -0.1) is 0 Å². The van der Waals surface area contributed by atoms with E-state index < -0.39 is 11.9 Å². The van der Waals surface area contributed by atoms with E-state index in [1.807, 2.05) is 0 Å². The van der Waals surface area contributed by atoms with Crippen molar-refractivity contribution in [3.63, 3.8) is 0 Å². The van der Waals surface area contributed by atoms with Gasteiger partial charge in [0.1, 0.15) is 6.04 Å². The summed E-state index contributed by atoms with van der Waals surface area (Å²) in [6.07, 6.45) is 1.10.